The molecular formula is C16H14N2O5. The number of benzene rings is 1. The summed E-state index contributed by atoms with van der Waals surface area (Å²) >= 11 is 0. The minimum Gasteiger partial charge on any atom is -0.468 e. The molecule has 0 bridgehead atoms. The molecule has 118 valence electrons. The molecule has 0 N–H and O–H groups in total. The van der Waals surface area contributed by atoms with Crippen LogP contribution in [0, 0.1) is 11.3 Å². The molecule has 1 amide bonds. The van der Waals surface area contributed by atoms with Crippen LogP contribution in [0.1, 0.15) is 12.5 Å². The predicted molar refractivity (Wildman–Crippen MR) is 80.0 cm³/mol. The number of nitriles is 1. The van der Waals surface area contributed by atoms with Crippen molar-refractivity contribution >= 4 is 29.1 Å². The molecule has 7 heteroatoms. The molecule has 23 heavy (non-hydrogen) atoms. The quantitative estimate of drug-likeness (QED) is 0.468. The fraction of sp³-hybridized carbons (Fsp3) is 0.250. The number of hydrogen-bond donors (Lipinski definition) is 0. The molecule has 1 aliphatic rings. The molecule has 0 aliphatic carbocycles. The van der Waals surface area contributed by atoms with Crippen molar-refractivity contribution in [2.24, 2.45) is 0 Å². The van der Waals surface area contributed by atoms with Crippen LogP contribution in [0.2, 0.25) is 0 Å². The number of esters is 2. The minimum absolute atomic E-state index is 0.0644. The minimum atomic E-state index is -0.868. The van der Waals surface area contributed by atoms with Crippen molar-refractivity contribution < 1.29 is 23.9 Å². The molecule has 0 atom stereocenters. The molecule has 0 saturated carbocycles. The van der Waals surface area contributed by atoms with Gasteiger partial charge >= 0.3 is 11.9 Å². The Kier molecular flexibility index (Phi) is 4.76. The molecule has 0 unspecified atom stereocenters. The topological polar surface area (TPSA) is 96.7 Å². The highest BCUT2D eigenvalue weighted by Gasteiger charge is 2.37. The van der Waals surface area contributed by atoms with Crippen LogP contribution in [0.3, 0.4) is 0 Å². The standard InChI is InChI=1S/C16H14N2O5/c1-3-23-16(21)11(8-17)14-10-6-4-5-7-12(10)18(15(14)20)9-13(19)22-2/h4-7H,3,9H2,1-2H3/b14-11-. The molecule has 7 nitrogen and oxygen atoms in total. The van der Waals surface area contributed by atoms with Gasteiger partial charge in [-0.1, -0.05) is 18.2 Å². The second-order valence-corrected chi connectivity index (χ2v) is 4.57. The third-order valence-corrected chi connectivity index (χ3v) is 3.28. The van der Waals surface area contributed by atoms with Gasteiger partial charge in [-0.25, -0.2) is 4.79 Å². The maximum atomic E-state index is 12.6. The average molecular weight is 314 g/mol. The van der Waals surface area contributed by atoms with Gasteiger partial charge in [-0.15, -0.1) is 0 Å². The third kappa shape index (κ3) is 2.92. The van der Waals surface area contributed by atoms with Gasteiger partial charge in [0, 0.05) is 5.56 Å². The summed E-state index contributed by atoms with van der Waals surface area (Å²) < 4.78 is 9.40. The Morgan fingerprint density at radius 3 is 2.61 bits per heavy atom. The Bertz CT molecular complexity index is 745. The van der Waals surface area contributed by atoms with Crippen molar-refractivity contribution in [3.8, 4) is 6.07 Å². The predicted octanol–water partition coefficient (Wildman–Crippen LogP) is 1.05. The summed E-state index contributed by atoms with van der Waals surface area (Å²) in [6.45, 7) is 1.38. The zero-order chi connectivity index (χ0) is 17.0. The van der Waals surface area contributed by atoms with Gasteiger partial charge in [0.15, 0.2) is 5.57 Å². The molecular weight excluding hydrogens is 300 g/mol. The number of fused-ring (bicyclic) bond motifs is 1. The fourth-order valence-corrected chi connectivity index (χ4v) is 2.28. The zero-order valence-corrected chi connectivity index (χ0v) is 12.7. The third-order valence-electron chi connectivity index (χ3n) is 3.28. The molecule has 0 saturated heterocycles. The first-order valence-electron chi connectivity index (χ1n) is 6.84. The van der Waals surface area contributed by atoms with Gasteiger partial charge in [-0.05, 0) is 13.0 Å². The number of rotatable bonds is 4. The van der Waals surface area contributed by atoms with Crippen molar-refractivity contribution in [1.82, 2.24) is 0 Å². The number of ether oxygens (including phenoxy) is 2. The fourth-order valence-electron chi connectivity index (χ4n) is 2.28. The highest BCUT2D eigenvalue weighted by molar-refractivity contribution is 6.37. The summed E-state index contributed by atoms with van der Waals surface area (Å²) in [5.74, 6) is -2.08. The van der Waals surface area contributed by atoms with E-state index < -0.39 is 17.8 Å². The summed E-state index contributed by atoms with van der Waals surface area (Å²) in [6.07, 6.45) is 0. The van der Waals surface area contributed by atoms with E-state index in [0.29, 0.717) is 11.3 Å². The van der Waals surface area contributed by atoms with Gasteiger partial charge in [0.2, 0.25) is 0 Å². The molecule has 1 aromatic rings. The lowest BCUT2D eigenvalue weighted by atomic mass is 10.0. The van der Waals surface area contributed by atoms with E-state index >= 15 is 0 Å². The van der Waals surface area contributed by atoms with Crippen molar-refractivity contribution in [1.29, 1.82) is 5.26 Å². The molecule has 1 aliphatic heterocycles. The number of amides is 1. The van der Waals surface area contributed by atoms with E-state index in [1.54, 1.807) is 37.3 Å². The lowest BCUT2D eigenvalue weighted by molar-refractivity contribution is -0.139. The largest absolute Gasteiger partial charge is 0.468 e. The maximum absolute atomic E-state index is 12.6. The number of para-hydroxylation sites is 1. The number of anilines is 1. The van der Waals surface area contributed by atoms with Crippen LogP contribution in [-0.4, -0.2) is 38.1 Å². The lowest BCUT2D eigenvalue weighted by Crippen LogP contribution is -2.33. The van der Waals surface area contributed by atoms with Gasteiger partial charge in [0.1, 0.15) is 12.6 Å². The molecule has 1 aromatic carbocycles. The van der Waals surface area contributed by atoms with E-state index in [2.05, 4.69) is 4.74 Å². The first kappa shape index (κ1) is 16.2. The van der Waals surface area contributed by atoms with E-state index in [4.69, 9.17) is 4.74 Å². The summed E-state index contributed by atoms with van der Waals surface area (Å²) in [7, 11) is 1.21. The Labute approximate surface area is 132 Å². The zero-order valence-electron chi connectivity index (χ0n) is 12.7. The molecule has 0 spiro atoms. The Morgan fingerprint density at radius 1 is 1.30 bits per heavy atom. The summed E-state index contributed by atoms with van der Waals surface area (Å²) in [5.41, 5.74) is 0.406. The monoisotopic (exact) mass is 314 g/mol. The second kappa shape index (κ2) is 6.75. The van der Waals surface area contributed by atoms with Crippen molar-refractivity contribution in [3.63, 3.8) is 0 Å². The first-order valence-corrected chi connectivity index (χ1v) is 6.84. The normalized spacial score (nSPS) is 14.8. The van der Waals surface area contributed by atoms with E-state index in [0.717, 1.165) is 0 Å². The Morgan fingerprint density at radius 2 is 2.00 bits per heavy atom. The molecule has 1 heterocycles. The summed E-state index contributed by atoms with van der Waals surface area (Å²) in [6, 6.07) is 8.33. The molecule has 0 radical (unpaired) electrons. The van der Waals surface area contributed by atoms with Crippen LogP contribution >= 0.6 is 0 Å². The second-order valence-electron chi connectivity index (χ2n) is 4.57. The SMILES string of the molecule is CCOC(=O)/C(C#N)=C1\C(=O)N(CC(=O)OC)c2ccccc21. The Hall–Kier alpha value is -3.14. The maximum Gasteiger partial charge on any atom is 0.349 e. The van der Waals surface area contributed by atoms with Crippen LogP contribution in [0.5, 0.6) is 0 Å². The van der Waals surface area contributed by atoms with E-state index in [-0.39, 0.29) is 24.3 Å². The van der Waals surface area contributed by atoms with Crippen molar-refractivity contribution in [3.05, 3.63) is 35.4 Å². The number of carbonyl (C=O) groups is 3. The van der Waals surface area contributed by atoms with Crippen LogP contribution in [0.15, 0.2) is 29.8 Å². The van der Waals surface area contributed by atoms with Gasteiger partial charge in [0.25, 0.3) is 5.91 Å². The highest BCUT2D eigenvalue weighted by Crippen LogP contribution is 2.38. The van der Waals surface area contributed by atoms with Crippen LogP contribution in [-0.2, 0) is 23.9 Å². The summed E-state index contributed by atoms with van der Waals surface area (Å²) in [5, 5.41) is 9.27. The van der Waals surface area contributed by atoms with Gasteiger partial charge in [-0.2, -0.15) is 5.26 Å². The smallest absolute Gasteiger partial charge is 0.349 e. The van der Waals surface area contributed by atoms with Gasteiger partial charge in [0.05, 0.1) is 25.0 Å². The molecule has 0 aromatic heterocycles. The first-order chi connectivity index (χ1) is 11.0. The number of methoxy groups -OCH3 is 1. The van der Waals surface area contributed by atoms with Crippen LogP contribution in [0.4, 0.5) is 5.69 Å². The van der Waals surface area contributed by atoms with Crippen molar-refractivity contribution in [2.45, 2.75) is 6.92 Å². The van der Waals surface area contributed by atoms with Crippen molar-refractivity contribution in [2.75, 3.05) is 25.2 Å². The lowest BCUT2D eigenvalue weighted by Gasteiger charge is -2.15. The summed E-state index contributed by atoms with van der Waals surface area (Å²) in [4.78, 5) is 37.3. The number of carbonyl (C=O) groups excluding carboxylic acids is 3. The number of nitrogens with zero attached hydrogens (tertiary/aromatic N) is 2. The van der Waals surface area contributed by atoms with Crippen LogP contribution in [0.25, 0.3) is 5.57 Å². The van der Waals surface area contributed by atoms with E-state index in [1.807, 2.05) is 0 Å². The average Bonchev–Trinajstić information content (AvgIpc) is 2.82. The molecule has 0 fully saturated rings. The van der Waals surface area contributed by atoms with Crippen LogP contribution < -0.4 is 4.90 Å². The van der Waals surface area contributed by atoms with E-state index in [1.165, 1.54) is 12.0 Å². The van der Waals surface area contributed by atoms with Gasteiger partial charge in [-0.3, -0.25) is 14.5 Å². The highest BCUT2D eigenvalue weighted by atomic mass is 16.5. The van der Waals surface area contributed by atoms with E-state index in [9.17, 15) is 19.6 Å². The number of hydrogen-bond acceptors (Lipinski definition) is 6. The Balaban J connectivity index is 2.58. The van der Waals surface area contributed by atoms with Gasteiger partial charge < -0.3 is 9.47 Å². The molecule has 2 rings (SSSR count).